The largest absolute Gasteiger partial charge is 0.507 e. The van der Waals surface area contributed by atoms with Gasteiger partial charge < -0.3 is 15.3 Å². The van der Waals surface area contributed by atoms with E-state index in [-0.39, 0.29) is 5.69 Å². The lowest BCUT2D eigenvalue weighted by atomic mass is 10.0. The molecule has 0 amide bonds. The average Bonchev–Trinajstić information content (AvgIpc) is 3.04. The fourth-order valence-electron chi connectivity index (χ4n) is 2.58. The number of aromatic carboxylic acids is 1. The number of anilines is 1. The van der Waals surface area contributed by atoms with Gasteiger partial charge >= 0.3 is 5.97 Å². The van der Waals surface area contributed by atoms with Gasteiger partial charge in [-0.1, -0.05) is 15.9 Å². The minimum absolute atomic E-state index is 0.304. The molecule has 3 rings (SSSR count). The Morgan fingerprint density at radius 3 is 2.46 bits per heavy atom. The summed E-state index contributed by atoms with van der Waals surface area (Å²) in [5.41, 5.74) is 0.577. The number of halogens is 1. The predicted octanol–water partition coefficient (Wildman–Crippen LogP) is 4.40. The predicted molar refractivity (Wildman–Crippen MR) is 110 cm³/mol. The van der Waals surface area contributed by atoms with E-state index in [9.17, 15) is 28.5 Å². The molecule has 1 aromatic heterocycles. The molecule has 2 aromatic carbocycles. The van der Waals surface area contributed by atoms with Crippen LogP contribution in [-0.2, 0) is 10.0 Å². The first-order valence-corrected chi connectivity index (χ1v) is 10.9. The maximum absolute atomic E-state index is 12.7. The lowest BCUT2D eigenvalue weighted by Crippen LogP contribution is -2.14. The van der Waals surface area contributed by atoms with Crippen LogP contribution >= 0.6 is 27.3 Å². The molecule has 3 aromatic rings. The quantitative estimate of drug-likeness (QED) is 0.398. The standard InChI is InChI=1S/C18H14BrNO6S2/c1-9-4-5-27-17(9)10-6-12(18(23)24)16(22)13(7-10)20-28(25,26)15-8-11(19)2-3-14(15)21/h2-8,20-22H,1H3,(H,23,24). The van der Waals surface area contributed by atoms with E-state index in [1.54, 1.807) is 0 Å². The molecule has 0 bridgehead atoms. The van der Waals surface area contributed by atoms with Crippen LogP contribution in [0.25, 0.3) is 10.4 Å². The Kier molecular flexibility index (Phi) is 5.37. The molecular weight excluding hydrogens is 470 g/mol. The molecule has 0 saturated heterocycles. The molecule has 146 valence electrons. The molecule has 28 heavy (non-hydrogen) atoms. The van der Waals surface area contributed by atoms with Crippen molar-refractivity contribution in [2.45, 2.75) is 11.8 Å². The van der Waals surface area contributed by atoms with Gasteiger partial charge in [0.15, 0.2) is 5.75 Å². The van der Waals surface area contributed by atoms with Gasteiger partial charge in [0.25, 0.3) is 10.0 Å². The Labute approximate surface area is 173 Å². The number of benzene rings is 2. The second kappa shape index (κ2) is 7.46. The van der Waals surface area contributed by atoms with Crippen LogP contribution in [0.3, 0.4) is 0 Å². The number of nitrogens with one attached hydrogen (secondary N) is 1. The number of hydrogen-bond acceptors (Lipinski definition) is 6. The van der Waals surface area contributed by atoms with Crippen molar-refractivity contribution >= 4 is 48.9 Å². The van der Waals surface area contributed by atoms with E-state index < -0.39 is 38.0 Å². The molecule has 0 saturated carbocycles. The fraction of sp³-hybridized carbons (Fsp3) is 0.0556. The van der Waals surface area contributed by atoms with Gasteiger partial charge in [-0.3, -0.25) is 4.72 Å². The molecule has 4 N–H and O–H groups in total. The van der Waals surface area contributed by atoms with E-state index in [1.165, 1.54) is 41.7 Å². The van der Waals surface area contributed by atoms with Crippen LogP contribution in [0.1, 0.15) is 15.9 Å². The summed E-state index contributed by atoms with van der Waals surface area (Å²) < 4.78 is 28.0. The maximum atomic E-state index is 12.7. The summed E-state index contributed by atoms with van der Waals surface area (Å²) in [6, 6.07) is 8.34. The highest BCUT2D eigenvalue weighted by Gasteiger charge is 2.24. The van der Waals surface area contributed by atoms with Gasteiger partial charge in [0.1, 0.15) is 16.2 Å². The molecule has 0 unspecified atom stereocenters. The van der Waals surface area contributed by atoms with Crippen LogP contribution < -0.4 is 4.72 Å². The second-order valence-corrected chi connectivity index (χ2v) is 9.36. The first-order chi connectivity index (χ1) is 13.1. The Morgan fingerprint density at radius 2 is 1.86 bits per heavy atom. The van der Waals surface area contributed by atoms with Crippen molar-refractivity contribution in [2.75, 3.05) is 4.72 Å². The Balaban J connectivity index is 2.16. The van der Waals surface area contributed by atoms with E-state index in [0.29, 0.717) is 10.0 Å². The highest BCUT2D eigenvalue weighted by atomic mass is 79.9. The monoisotopic (exact) mass is 483 g/mol. The number of phenolic OH excluding ortho intramolecular Hbond substituents is 1. The number of thiophene rings is 1. The molecule has 0 fully saturated rings. The van der Waals surface area contributed by atoms with Crippen molar-refractivity contribution in [1.29, 1.82) is 0 Å². The van der Waals surface area contributed by atoms with Crippen LogP contribution in [0.2, 0.25) is 0 Å². The molecule has 7 nitrogen and oxygen atoms in total. The van der Waals surface area contributed by atoms with E-state index in [0.717, 1.165) is 10.4 Å². The number of aryl methyl sites for hydroxylation is 1. The van der Waals surface area contributed by atoms with Crippen LogP contribution in [-0.4, -0.2) is 29.7 Å². The number of sulfonamides is 1. The van der Waals surface area contributed by atoms with Crippen molar-refractivity contribution in [1.82, 2.24) is 0 Å². The molecule has 10 heteroatoms. The highest BCUT2D eigenvalue weighted by molar-refractivity contribution is 9.10. The zero-order valence-corrected chi connectivity index (χ0v) is 17.5. The fourth-order valence-corrected chi connectivity index (χ4v) is 5.19. The van der Waals surface area contributed by atoms with Gasteiger partial charge in [-0.15, -0.1) is 11.3 Å². The van der Waals surface area contributed by atoms with Crippen molar-refractivity contribution in [3.8, 4) is 21.9 Å². The van der Waals surface area contributed by atoms with Gasteiger partial charge in [-0.2, -0.15) is 0 Å². The lowest BCUT2D eigenvalue weighted by molar-refractivity contribution is 0.0694. The third kappa shape index (κ3) is 3.84. The number of phenols is 2. The van der Waals surface area contributed by atoms with Crippen molar-refractivity contribution in [3.05, 3.63) is 57.4 Å². The van der Waals surface area contributed by atoms with Gasteiger partial charge in [0, 0.05) is 9.35 Å². The SMILES string of the molecule is Cc1ccsc1-c1cc(NS(=O)(=O)c2cc(Br)ccc2O)c(O)c(C(=O)O)c1. The highest BCUT2D eigenvalue weighted by Crippen LogP contribution is 2.39. The molecular formula is C18H14BrNO6S2. The molecule has 0 atom stereocenters. The van der Waals surface area contributed by atoms with Crippen LogP contribution in [0.4, 0.5) is 5.69 Å². The number of hydrogen-bond donors (Lipinski definition) is 4. The van der Waals surface area contributed by atoms with Crippen LogP contribution in [0.15, 0.2) is 51.1 Å². The second-order valence-electron chi connectivity index (χ2n) is 5.88. The Morgan fingerprint density at radius 1 is 1.14 bits per heavy atom. The third-order valence-electron chi connectivity index (χ3n) is 3.92. The Bertz CT molecular complexity index is 1190. The number of carbonyl (C=O) groups is 1. The zero-order chi connectivity index (χ0) is 20.6. The minimum Gasteiger partial charge on any atom is -0.507 e. The van der Waals surface area contributed by atoms with Crippen molar-refractivity contribution < 1.29 is 28.5 Å². The van der Waals surface area contributed by atoms with Gasteiger partial charge in [0.2, 0.25) is 0 Å². The number of aromatic hydroxyl groups is 2. The summed E-state index contributed by atoms with van der Waals surface area (Å²) >= 11 is 4.49. The van der Waals surface area contributed by atoms with Gasteiger partial charge in [0.05, 0.1) is 5.69 Å². The van der Waals surface area contributed by atoms with E-state index in [2.05, 4.69) is 20.7 Å². The zero-order valence-electron chi connectivity index (χ0n) is 14.3. The first-order valence-electron chi connectivity index (χ1n) is 7.76. The normalized spacial score (nSPS) is 11.4. The van der Waals surface area contributed by atoms with E-state index in [1.807, 2.05) is 18.4 Å². The van der Waals surface area contributed by atoms with E-state index >= 15 is 0 Å². The van der Waals surface area contributed by atoms with Crippen molar-refractivity contribution in [2.24, 2.45) is 0 Å². The molecule has 0 radical (unpaired) electrons. The summed E-state index contributed by atoms with van der Waals surface area (Å²) in [4.78, 5) is 11.9. The first kappa shape index (κ1) is 20.2. The number of rotatable bonds is 5. The van der Waals surface area contributed by atoms with E-state index in [4.69, 9.17) is 0 Å². The van der Waals surface area contributed by atoms with Gasteiger partial charge in [-0.05, 0) is 59.8 Å². The molecule has 0 spiro atoms. The topological polar surface area (TPSA) is 124 Å². The van der Waals surface area contributed by atoms with Crippen LogP contribution in [0, 0.1) is 6.92 Å². The Hall–Kier alpha value is -2.56. The summed E-state index contributed by atoms with van der Waals surface area (Å²) in [5, 5.41) is 31.4. The molecule has 0 aliphatic carbocycles. The average molecular weight is 484 g/mol. The number of carboxylic acids is 1. The summed E-state index contributed by atoms with van der Waals surface area (Å²) in [6.07, 6.45) is 0. The lowest BCUT2D eigenvalue weighted by Gasteiger charge is -2.14. The molecule has 0 aliphatic heterocycles. The van der Waals surface area contributed by atoms with Gasteiger partial charge in [-0.25, -0.2) is 13.2 Å². The minimum atomic E-state index is -4.31. The maximum Gasteiger partial charge on any atom is 0.339 e. The van der Waals surface area contributed by atoms with Crippen LogP contribution in [0.5, 0.6) is 11.5 Å². The smallest absolute Gasteiger partial charge is 0.339 e. The number of carboxylic acid groups (broad SMARTS) is 1. The molecule has 0 aliphatic rings. The summed E-state index contributed by atoms with van der Waals surface area (Å²) in [7, 11) is -4.31. The third-order valence-corrected chi connectivity index (χ3v) is 6.87. The summed E-state index contributed by atoms with van der Waals surface area (Å²) in [6.45, 7) is 1.84. The molecule has 1 heterocycles. The summed E-state index contributed by atoms with van der Waals surface area (Å²) in [5.74, 6) is -2.61. The van der Waals surface area contributed by atoms with Crippen molar-refractivity contribution in [3.63, 3.8) is 0 Å².